The largest absolute Gasteiger partial charge is 0.444 e. The molecule has 9 heteroatoms. The van der Waals surface area contributed by atoms with Crippen LogP contribution in [0, 0.1) is 28.6 Å². The van der Waals surface area contributed by atoms with Crippen molar-refractivity contribution < 1.29 is 23.9 Å². The summed E-state index contributed by atoms with van der Waals surface area (Å²) in [5.41, 5.74) is 5.28. The summed E-state index contributed by atoms with van der Waals surface area (Å²) in [6, 6.07) is -2.07. The minimum Gasteiger partial charge on any atom is -0.444 e. The van der Waals surface area contributed by atoms with Gasteiger partial charge in [-0.2, -0.15) is 0 Å². The van der Waals surface area contributed by atoms with Gasteiger partial charge < -0.3 is 26.0 Å². The number of carbonyl (C=O) groups excluding carboxylic acids is 4. The molecule has 1 aliphatic heterocycles. The third kappa shape index (κ3) is 7.67. The zero-order chi connectivity index (χ0) is 31.0. The number of amides is 4. The summed E-state index contributed by atoms with van der Waals surface area (Å²) >= 11 is 0. The fourth-order valence-corrected chi connectivity index (χ4v) is 7.31. The Labute approximate surface area is 252 Å². The highest BCUT2D eigenvalue weighted by Crippen LogP contribution is 2.57. The number of hydrogen-bond donors (Lipinski definition) is 3. The van der Waals surface area contributed by atoms with Gasteiger partial charge in [-0.05, 0) is 101 Å². The Bertz CT molecular complexity index is 1060. The summed E-state index contributed by atoms with van der Waals surface area (Å²) in [6.07, 6.45) is 10.3. The zero-order valence-electron chi connectivity index (χ0n) is 26.7. The number of hydrogen-bond acceptors (Lipinski definition) is 5. The van der Waals surface area contributed by atoms with Crippen molar-refractivity contribution in [3.63, 3.8) is 0 Å². The lowest BCUT2D eigenvalue weighted by atomic mass is 9.75. The Morgan fingerprint density at radius 1 is 0.952 bits per heavy atom. The number of nitrogens with zero attached hydrogens (tertiary/aromatic N) is 1. The summed E-state index contributed by atoms with van der Waals surface area (Å²) in [6.45, 7) is 16.0. The van der Waals surface area contributed by atoms with E-state index in [0.717, 1.165) is 44.9 Å². The number of primary amides is 1. The molecule has 0 bridgehead atoms. The van der Waals surface area contributed by atoms with Gasteiger partial charge in [-0.1, -0.05) is 46.6 Å². The van der Waals surface area contributed by atoms with E-state index in [9.17, 15) is 19.2 Å². The van der Waals surface area contributed by atoms with Crippen LogP contribution in [0.15, 0.2) is 12.2 Å². The van der Waals surface area contributed by atoms with Crippen LogP contribution in [-0.2, 0) is 19.1 Å². The van der Waals surface area contributed by atoms with E-state index in [1.165, 1.54) is 12.8 Å². The topological polar surface area (TPSA) is 131 Å². The van der Waals surface area contributed by atoms with Gasteiger partial charge in [0.1, 0.15) is 17.7 Å². The molecule has 4 fully saturated rings. The summed E-state index contributed by atoms with van der Waals surface area (Å²) in [4.78, 5) is 55.4. The second kappa shape index (κ2) is 12.2. The zero-order valence-corrected chi connectivity index (χ0v) is 26.7. The SMILES string of the molecule is C=C(C(N)=O)C(CC1CCC1)NC(=O)C1C(C(C)(C)C)CCN1C(=O)[C@@H](NC(=O)OC(C)(C)C)C1CCC2(CC1)CC2. The second-order valence-corrected chi connectivity index (χ2v) is 15.7. The van der Waals surface area contributed by atoms with Crippen LogP contribution in [0.2, 0.25) is 0 Å². The highest BCUT2D eigenvalue weighted by atomic mass is 16.6. The Kier molecular flexibility index (Phi) is 9.39. The summed E-state index contributed by atoms with van der Waals surface area (Å²) in [5, 5.41) is 6.03. The molecule has 4 rings (SSSR count). The van der Waals surface area contributed by atoms with Crippen molar-refractivity contribution in [1.82, 2.24) is 15.5 Å². The Balaban J connectivity index is 1.58. The average molecular weight is 587 g/mol. The lowest BCUT2D eigenvalue weighted by molar-refractivity contribution is -0.143. The van der Waals surface area contributed by atoms with Crippen molar-refractivity contribution >= 4 is 23.8 Å². The number of nitrogens with one attached hydrogen (secondary N) is 2. The Morgan fingerprint density at radius 3 is 2.05 bits per heavy atom. The lowest BCUT2D eigenvalue weighted by Gasteiger charge is -2.39. The average Bonchev–Trinajstić information content (AvgIpc) is 3.43. The lowest BCUT2D eigenvalue weighted by Crippen LogP contribution is -2.59. The molecule has 0 aromatic rings. The predicted molar refractivity (Wildman–Crippen MR) is 162 cm³/mol. The number of carbonyl (C=O) groups is 4. The number of alkyl carbamates (subject to hydrolysis) is 1. The predicted octanol–water partition coefficient (Wildman–Crippen LogP) is 4.83. The van der Waals surface area contributed by atoms with Crippen LogP contribution >= 0.6 is 0 Å². The molecule has 42 heavy (non-hydrogen) atoms. The first-order valence-electron chi connectivity index (χ1n) is 16.1. The van der Waals surface area contributed by atoms with E-state index in [1.54, 1.807) is 25.7 Å². The second-order valence-electron chi connectivity index (χ2n) is 15.7. The molecule has 1 saturated heterocycles. The van der Waals surface area contributed by atoms with Crippen LogP contribution in [0.3, 0.4) is 0 Å². The van der Waals surface area contributed by atoms with Crippen LogP contribution in [0.25, 0.3) is 0 Å². The fourth-order valence-electron chi connectivity index (χ4n) is 7.31. The molecular formula is C33H54N4O5. The molecule has 236 valence electrons. The van der Waals surface area contributed by atoms with Crippen LogP contribution < -0.4 is 16.4 Å². The maximum atomic E-state index is 14.5. The first-order chi connectivity index (χ1) is 19.5. The van der Waals surface area contributed by atoms with Gasteiger partial charge in [0, 0.05) is 12.1 Å². The third-order valence-electron chi connectivity index (χ3n) is 10.4. The summed E-state index contributed by atoms with van der Waals surface area (Å²) < 4.78 is 5.58. The van der Waals surface area contributed by atoms with Crippen LogP contribution in [-0.4, -0.2) is 59.0 Å². The van der Waals surface area contributed by atoms with Crippen molar-refractivity contribution in [2.24, 2.45) is 34.3 Å². The first-order valence-corrected chi connectivity index (χ1v) is 16.1. The molecule has 0 radical (unpaired) electrons. The minimum absolute atomic E-state index is 0.0188. The maximum Gasteiger partial charge on any atom is 0.408 e. The number of ether oxygens (including phenoxy) is 1. The molecule has 4 atom stereocenters. The smallest absolute Gasteiger partial charge is 0.408 e. The minimum atomic E-state index is -0.767. The molecule has 3 saturated carbocycles. The molecule has 3 unspecified atom stereocenters. The van der Waals surface area contributed by atoms with Crippen molar-refractivity contribution in [3.8, 4) is 0 Å². The van der Waals surface area contributed by atoms with Gasteiger partial charge in [0.05, 0.1) is 6.04 Å². The molecule has 4 aliphatic rings. The van der Waals surface area contributed by atoms with Crippen molar-refractivity contribution in [3.05, 3.63) is 12.2 Å². The van der Waals surface area contributed by atoms with Gasteiger partial charge in [-0.25, -0.2) is 4.79 Å². The van der Waals surface area contributed by atoms with E-state index in [1.807, 2.05) is 0 Å². The van der Waals surface area contributed by atoms with Crippen molar-refractivity contribution in [2.45, 2.75) is 136 Å². The third-order valence-corrected chi connectivity index (χ3v) is 10.4. The van der Waals surface area contributed by atoms with Crippen LogP contribution in [0.5, 0.6) is 0 Å². The molecule has 1 spiro atoms. The normalized spacial score (nSPS) is 25.7. The molecule has 9 nitrogen and oxygen atoms in total. The van der Waals surface area contributed by atoms with Gasteiger partial charge in [-0.15, -0.1) is 0 Å². The highest BCUT2D eigenvalue weighted by Gasteiger charge is 2.51. The van der Waals surface area contributed by atoms with E-state index in [-0.39, 0.29) is 34.6 Å². The molecule has 0 aromatic heterocycles. The van der Waals surface area contributed by atoms with Crippen LogP contribution in [0.4, 0.5) is 4.79 Å². The maximum absolute atomic E-state index is 14.5. The van der Waals surface area contributed by atoms with Gasteiger partial charge in [0.2, 0.25) is 17.7 Å². The van der Waals surface area contributed by atoms with E-state index in [2.05, 4.69) is 38.0 Å². The summed E-state index contributed by atoms with van der Waals surface area (Å²) in [7, 11) is 0. The van der Waals surface area contributed by atoms with E-state index in [0.29, 0.717) is 30.7 Å². The van der Waals surface area contributed by atoms with Crippen molar-refractivity contribution in [1.29, 1.82) is 0 Å². The highest BCUT2D eigenvalue weighted by molar-refractivity contribution is 5.95. The quantitative estimate of drug-likeness (QED) is 0.333. The van der Waals surface area contributed by atoms with Gasteiger partial charge in [0.15, 0.2) is 0 Å². The van der Waals surface area contributed by atoms with Gasteiger partial charge >= 0.3 is 6.09 Å². The van der Waals surface area contributed by atoms with E-state index < -0.39 is 35.7 Å². The summed E-state index contributed by atoms with van der Waals surface area (Å²) in [5.74, 6) is -0.850. The van der Waals surface area contributed by atoms with Gasteiger partial charge in [-0.3, -0.25) is 14.4 Å². The number of rotatable bonds is 9. The monoisotopic (exact) mass is 586 g/mol. The Hall–Kier alpha value is -2.58. The Morgan fingerprint density at radius 2 is 1.57 bits per heavy atom. The van der Waals surface area contributed by atoms with Gasteiger partial charge in [0.25, 0.3) is 0 Å². The van der Waals surface area contributed by atoms with E-state index in [4.69, 9.17) is 10.5 Å². The van der Waals surface area contributed by atoms with E-state index >= 15 is 0 Å². The molecule has 1 heterocycles. The fraction of sp³-hybridized carbons (Fsp3) is 0.818. The molecule has 4 N–H and O–H groups in total. The first kappa shape index (κ1) is 32.3. The van der Waals surface area contributed by atoms with Crippen molar-refractivity contribution in [2.75, 3.05) is 6.54 Å². The van der Waals surface area contributed by atoms with Crippen LogP contribution in [0.1, 0.15) is 112 Å². The number of likely N-dealkylation sites (tertiary alicyclic amines) is 1. The molecule has 0 aromatic carbocycles. The molecular weight excluding hydrogens is 532 g/mol. The molecule has 3 aliphatic carbocycles. The number of nitrogens with two attached hydrogens (primary N) is 1. The standard InChI is InChI=1S/C33H54N4O5/c1-20(27(34)38)24(19-21-9-8-10-21)35-28(39)26-23(31(2,3)4)13-18-37(26)29(40)25(36-30(41)42-32(5,6)7)22-11-14-33(15-12-22)16-17-33/h21-26H,1,8-19H2,2-7H3,(H2,34,38)(H,35,39)(H,36,41)/t23?,24?,25-,26?/m0/s1. The molecule has 4 amide bonds.